The van der Waals surface area contributed by atoms with Crippen LogP contribution in [0.15, 0.2) is 267 Å². The lowest BCUT2D eigenvalue weighted by Crippen LogP contribution is -2.36. The molecule has 0 saturated carbocycles. The summed E-state index contributed by atoms with van der Waals surface area (Å²) in [6, 6.07) is 100. The van der Waals surface area contributed by atoms with Crippen LogP contribution in [0, 0.1) is 0 Å². The normalized spacial score (nSPS) is 14.6. The molecule has 0 unspecified atom stereocenters. The predicted molar refractivity (Wildman–Crippen MR) is 298 cm³/mol. The van der Waals surface area contributed by atoms with Crippen molar-refractivity contribution in [3.8, 4) is 33.4 Å². The van der Waals surface area contributed by atoms with Gasteiger partial charge in [-0.15, -0.1) is 0 Å². The fourth-order valence-corrected chi connectivity index (χ4v) is 14.1. The van der Waals surface area contributed by atoms with E-state index in [9.17, 15) is 0 Å². The third kappa shape index (κ3) is 4.88. The topological polar surface area (TPSA) is 6.48 Å². The van der Waals surface area contributed by atoms with Gasteiger partial charge in [0.05, 0.1) is 45.0 Å². The molecule has 0 bridgehead atoms. The van der Waals surface area contributed by atoms with Gasteiger partial charge in [-0.25, -0.2) is 0 Å². The number of fused-ring (bicyclic) bond motifs is 20. The van der Waals surface area contributed by atoms with Crippen LogP contribution in [0.1, 0.15) is 44.5 Å². The monoisotopic (exact) mass is 912 g/mol. The van der Waals surface area contributed by atoms with Gasteiger partial charge in [-0.05, 0) is 131 Å². The average molecular weight is 913 g/mol. The van der Waals surface area contributed by atoms with Crippen molar-refractivity contribution >= 4 is 55.7 Å². The molecule has 2 nitrogen and oxygen atoms in total. The van der Waals surface area contributed by atoms with Crippen molar-refractivity contribution in [2.24, 2.45) is 0 Å². The zero-order chi connectivity index (χ0) is 47.1. The van der Waals surface area contributed by atoms with Crippen LogP contribution in [0.25, 0.3) is 54.9 Å². The van der Waals surface area contributed by atoms with Gasteiger partial charge >= 0.3 is 0 Å². The SMILES string of the molecule is c1ccc(-c2c3cccc(N4c5ccccc5C5(c6ccccc6-c6ccccc65)c5ccccc54)c3cc3c(N4c5ccccc5C5(c6ccccc6-c6ccccc65)c5ccccc54)cccc23)cc1. The molecule has 2 heteroatoms. The third-order valence-electron chi connectivity index (χ3n) is 16.6. The van der Waals surface area contributed by atoms with Crippen molar-refractivity contribution in [1.29, 1.82) is 0 Å². The lowest BCUT2D eigenvalue weighted by molar-refractivity contribution is 0.753. The molecule has 2 heterocycles. The Kier molecular flexibility index (Phi) is 8.05. The molecular formula is C70H44N2. The maximum atomic E-state index is 2.56. The summed E-state index contributed by atoms with van der Waals surface area (Å²) in [6.45, 7) is 0. The number of para-hydroxylation sites is 4. The lowest BCUT2D eigenvalue weighted by Gasteiger charge is -2.45. The van der Waals surface area contributed by atoms with E-state index in [4.69, 9.17) is 0 Å². The summed E-state index contributed by atoms with van der Waals surface area (Å²) in [6.07, 6.45) is 0. The minimum absolute atomic E-state index is 0.497. The summed E-state index contributed by atoms with van der Waals surface area (Å²) in [4.78, 5) is 5.13. The standard InChI is InChI=1S/C70H44N2/c1-2-22-45(23-3-1)68-50-28-20-42-62(71-64-38-16-12-34-58(64)69(59-35-13-17-39-65(59)71)54-30-8-4-24-46(54)47-25-5-9-31-55(47)69)52(50)44-53-51(68)29-21-43-63(53)72-66-40-18-14-36-60(66)70(61-37-15-19-41-67(61)72)56-32-10-6-26-48(56)49-27-7-11-33-57(49)70/h1-44H. The van der Waals surface area contributed by atoms with Crippen molar-refractivity contribution in [2.45, 2.75) is 10.8 Å². The highest BCUT2D eigenvalue weighted by atomic mass is 15.2. The first-order valence-corrected chi connectivity index (χ1v) is 25.2. The minimum atomic E-state index is -0.497. The Morgan fingerprint density at radius 1 is 0.208 bits per heavy atom. The van der Waals surface area contributed by atoms with E-state index < -0.39 is 10.8 Å². The van der Waals surface area contributed by atoms with E-state index in [-0.39, 0.29) is 0 Å². The maximum Gasteiger partial charge on any atom is 0.0754 e. The van der Waals surface area contributed by atoms with Gasteiger partial charge in [-0.3, -0.25) is 0 Å². The first-order chi connectivity index (χ1) is 35.8. The largest absolute Gasteiger partial charge is 0.309 e. The van der Waals surface area contributed by atoms with Crippen molar-refractivity contribution in [2.75, 3.05) is 9.80 Å². The number of benzene rings is 12. The van der Waals surface area contributed by atoms with Gasteiger partial charge in [0, 0.05) is 10.8 Å². The summed E-state index contributed by atoms with van der Waals surface area (Å²) in [5.41, 5.74) is 24.1. The van der Waals surface area contributed by atoms with E-state index in [1.54, 1.807) is 0 Å². The Labute approximate surface area is 419 Å². The summed E-state index contributed by atoms with van der Waals surface area (Å²) in [5.74, 6) is 0. The second-order valence-corrected chi connectivity index (χ2v) is 19.8. The number of rotatable bonds is 3. The Balaban J connectivity index is 0.991. The molecule has 0 saturated heterocycles. The Hall–Kier alpha value is -9.24. The summed E-state index contributed by atoms with van der Waals surface area (Å²) < 4.78 is 0. The number of anilines is 6. The molecule has 72 heavy (non-hydrogen) atoms. The second-order valence-electron chi connectivity index (χ2n) is 19.8. The molecule has 0 aromatic heterocycles. The molecule has 2 aliphatic carbocycles. The third-order valence-corrected chi connectivity index (χ3v) is 16.6. The molecule has 0 atom stereocenters. The van der Waals surface area contributed by atoms with Crippen LogP contribution in [0.5, 0.6) is 0 Å². The van der Waals surface area contributed by atoms with E-state index >= 15 is 0 Å². The van der Waals surface area contributed by atoms with Crippen LogP contribution in [-0.4, -0.2) is 0 Å². The van der Waals surface area contributed by atoms with Gasteiger partial charge < -0.3 is 9.80 Å². The number of nitrogens with zero attached hydrogens (tertiary/aromatic N) is 2. The van der Waals surface area contributed by atoms with Crippen LogP contribution in [-0.2, 0) is 10.8 Å². The number of hydrogen-bond acceptors (Lipinski definition) is 2. The van der Waals surface area contributed by atoms with Crippen molar-refractivity contribution in [3.63, 3.8) is 0 Å². The highest BCUT2D eigenvalue weighted by Gasteiger charge is 2.53. The van der Waals surface area contributed by atoms with Gasteiger partial charge in [-0.1, -0.05) is 224 Å². The minimum Gasteiger partial charge on any atom is -0.309 e. The van der Waals surface area contributed by atoms with Gasteiger partial charge in [0.25, 0.3) is 0 Å². The van der Waals surface area contributed by atoms with Gasteiger partial charge in [0.1, 0.15) is 0 Å². The molecule has 2 spiro atoms. The summed E-state index contributed by atoms with van der Waals surface area (Å²) >= 11 is 0. The highest BCUT2D eigenvalue weighted by Crippen LogP contribution is 2.66. The number of hydrogen-bond donors (Lipinski definition) is 0. The second kappa shape index (κ2) is 14.6. The zero-order valence-corrected chi connectivity index (χ0v) is 39.3. The molecule has 2 aliphatic heterocycles. The van der Waals surface area contributed by atoms with E-state index in [1.807, 2.05) is 0 Å². The van der Waals surface area contributed by atoms with Gasteiger partial charge in [-0.2, -0.15) is 0 Å². The van der Waals surface area contributed by atoms with Crippen LogP contribution in [0.4, 0.5) is 34.1 Å². The molecule has 0 radical (unpaired) electrons. The van der Waals surface area contributed by atoms with Crippen LogP contribution < -0.4 is 9.80 Å². The predicted octanol–water partition coefficient (Wildman–Crippen LogP) is 18.0. The van der Waals surface area contributed by atoms with Crippen LogP contribution >= 0.6 is 0 Å². The average Bonchev–Trinajstić information content (AvgIpc) is 3.92. The van der Waals surface area contributed by atoms with E-state index in [0.717, 1.165) is 11.4 Å². The molecule has 334 valence electrons. The first kappa shape index (κ1) is 39.6. The smallest absolute Gasteiger partial charge is 0.0754 e. The molecule has 4 aliphatic rings. The van der Waals surface area contributed by atoms with E-state index in [2.05, 4.69) is 277 Å². The zero-order valence-electron chi connectivity index (χ0n) is 39.3. The van der Waals surface area contributed by atoms with Crippen molar-refractivity contribution in [3.05, 3.63) is 311 Å². The summed E-state index contributed by atoms with van der Waals surface area (Å²) in [5, 5.41) is 4.82. The molecule has 0 amide bonds. The fourth-order valence-electron chi connectivity index (χ4n) is 14.1. The molecule has 0 N–H and O–H groups in total. The summed E-state index contributed by atoms with van der Waals surface area (Å²) in [7, 11) is 0. The Morgan fingerprint density at radius 3 is 0.833 bits per heavy atom. The van der Waals surface area contributed by atoms with Crippen molar-refractivity contribution < 1.29 is 0 Å². The molecule has 12 aromatic rings. The van der Waals surface area contributed by atoms with E-state index in [1.165, 1.54) is 122 Å². The maximum absolute atomic E-state index is 2.56. The first-order valence-electron chi connectivity index (χ1n) is 25.2. The van der Waals surface area contributed by atoms with Crippen molar-refractivity contribution in [1.82, 2.24) is 0 Å². The lowest BCUT2D eigenvalue weighted by atomic mass is 9.64. The van der Waals surface area contributed by atoms with Crippen LogP contribution in [0.2, 0.25) is 0 Å². The molecule has 0 fully saturated rings. The molecule has 16 rings (SSSR count). The quantitative estimate of drug-likeness (QED) is 0.163. The molecular weight excluding hydrogens is 869 g/mol. The molecule has 12 aromatic carbocycles. The van der Waals surface area contributed by atoms with Gasteiger partial charge in [0.15, 0.2) is 0 Å². The van der Waals surface area contributed by atoms with Gasteiger partial charge in [0.2, 0.25) is 0 Å². The highest BCUT2D eigenvalue weighted by molar-refractivity contribution is 6.20. The van der Waals surface area contributed by atoms with Crippen LogP contribution in [0.3, 0.4) is 0 Å². The Bertz CT molecular complexity index is 3820. The fraction of sp³-hybridized carbons (Fsp3) is 0.0286. The Morgan fingerprint density at radius 2 is 0.486 bits per heavy atom. The van der Waals surface area contributed by atoms with E-state index in [0.29, 0.717) is 0 Å².